The minimum atomic E-state index is -0.268. The summed E-state index contributed by atoms with van der Waals surface area (Å²) in [5.74, 6) is -0.0504. The van der Waals surface area contributed by atoms with Crippen molar-refractivity contribution in [3.63, 3.8) is 0 Å². The quantitative estimate of drug-likeness (QED) is 0.813. The van der Waals surface area contributed by atoms with Gasteiger partial charge in [0.15, 0.2) is 0 Å². The number of pyridine rings is 1. The predicted octanol–water partition coefficient (Wildman–Crippen LogP) is 0.931. The van der Waals surface area contributed by atoms with Crippen molar-refractivity contribution < 1.29 is 9.90 Å². The number of hydrogen-bond donors (Lipinski definition) is 1. The zero-order chi connectivity index (χ0) is 12.5. The Labute approximate surface area is 105 Å². The highest BCUT2D eigenvalue weighted by Gasteiger charge is 2.23. The molecule has 1 aliphatic heterocycles. The monoisotopic (exact) mass is 245 g/mol. The van der Waals surface area contributed by atoms with E-state index in [1.165, 1.54) is 0 Å². The van der Waals surface area contributed by atoms with Gasteiger partial charge in [0.25, 0.3) is 5.91 Å². The number of imidazole rings is 1. The normalized spacial score (nSPS) is 17.3. The molecule has 2 aromatic heterocycles. The molecule has 0 spiro atoms. The third-order valence-electron chi connectivity index (χ3n) is 3.33. The Balaban J connectivity index is 1.83. The second-order valence-electron chi connectivity index (χ2n) is 4.62. The standard InChI is InChI=1S/C13H15N3O2/c17-10-4-7-15(8-5-10)13(18)11-9-16-6-2-1-3-12(16)14-11/h1-3,6,9-10,17H,4-5,7-8H2. The van der Waals surface area contributed by atoms with Gasteiger partial charge in [-0.3, -0.25) is 4.79 Å². The van der Waals surface area contributed by atoms with Crippen LogP contribution in [-0.4, -0.2) is 44.5 Å². The van der Waals surface area contributed by atoms with Crippen molar-refractivity contribution in [2.24, 2.45) is 0 Å². The Morgan fingerprint density at radius 2 is 2.11 bits per heavy atom. The number of hydrogen-bond acceptors (Lipinski definition) is 3. The van der Waals surface area contributed by atoms with Crippen LogP contribution in [0.4, 0.5) is 0 Å². The minimum absolute atomic E-state index is 0.0504. The van der Waals surface area contributed by atoms with Gasteiger partial charge in [0.1, 0.15) is 11.3 Å². The van der Waals surface area contributed by atoms with Gasteiger partial charge in [0.05, 0.1) is 6.10 Å². The van der Waals surface area contributed by atoms with Crippen molar-refractivity contribution in [3.05, 3.63) is 36.3 Å². The second kappa shape index (κ2) is 4.42. The summed E-state index contributed by atoms with van der Waals surface area (Å²) >= 11 is 0. The van der Waals surface area contributed by atoms with Crippen molar-refractivity contribution in [3.8, 4) is 0 Å². The minimum Gasteiger partial charge on any atom is -0.393 e. The lowest BCUT2D eigenvalue weighted by molar-refractivity contribution is 0.0542. The summed E-state index contributed by atoms with van der Waals surface area (Å²) in [4.78, 5) is 18.3. The molecule has 1 aliphatic rings. The smallest absolute Gasteiger partial charge is 0.274 e. The van der Waals surface area contributed by atoms with Gasteiger partial charge in [0, 0.05) is 25.5 Å². The van der Waals surface area contributed by atoms with Crippen LogP contribution in [-0.2, 0) is 0 Å². The van der Waals surface area contributed by atoms with Crippen LogP contribution in [0.2, 0.25) is 0 Å². The van der Waals surface area contributed by atoms with Crippen LogP contribution in [0.3, 0.4) is 0 Å². The van der Waals surface area contributed by atoms with Crippen molar-refractivity contribution in [2.45, 2.75) is 18.9 Å². The van der Waals surface area contributed by atoms with Gasteiger partial charge in [0.2, 0.25) is 0 Å². The Morgan fingerprint density at radius 1 is 1.33 bits per heavy atom. The van der Waals surface area contributed by atoms with E-state index in [1.807, 2.05) is 28.8 Å². The van der Waals surface area contributed by atoms with E-state index in [4.69, 9.17) is 0 Å². The molecule has 1 fully saturated rings. The lowest BCUT2D eigenvalue weighted by Crippen LogP contribution is -2.40. The Morgan fingerprint density at radius 3 is 2.83 bits per heavy atom. The molecule has 1 amide bonds. The van der Waals surface area contributed by atoms with Crippen molar-refractivity contribution in [1.29, 1.82) is 0 Å². The van der Waals surface area contributed by atoms with Crippen LogP contribution in [0.15, 0.2) is 30.6 Å². The average Bonchev–Trinajstić information content (AvgIpc) is 2.82. The third-order valence-corrected chi connectivity index (χ3v) is 3.33. The fourth-order valence-electron chi connectivity index (χ4n) is 2.27. The van der Waals surface area contributed by atoms with Crippen LogP contribution in [0, 0.1) is 0 Å². The SMILES string of the molecule is O=C(c1cn2ccccc2n1)N1CCC(O)CC1. The molecule has 0 atom stereocenters. The summed E-state index contributed by atoms with van der Waals surface area (Å²) in [5, 5.41) is 9.44. The third kappa shape index (κ3) is 1.97. The zero-order valence-corrected chi connectivity index (χ0v) is 9.99. The lowest BCUT2D eigenvalue weighted by Gasteiger charge is -2.28. The molecule has 1 N–H and O–H groups in total. The van der Waals surface area contributed by atoms with Gasteiger partial charge in [-0.2, -0.15) is 0 Å². The van der Waals surface area contributed by atoms with Gasteiger partial charge >= 0.3 is 0 Å². The molecule has 5 heteroatoms. The molecule has 18 heavy (non-hydrogen) atoms. The number of aliphatic hydroxyl groups is 1. The van der Waals surface area contributed by atoms with E-state index < -0.39 is 0 Å². The van der Waals surface area contributed by atoms with E-state index in [0.29, 0.717) is 31.6 Å². The molecule has 94 valence electrons. The van der Waals surface area contributed by atoms with Gasteiger partial charge in [-0.05, 0) is 25.0 Å². The maximum absolute atomic E-state index is 12.2. The molecule has 3 rings (SSSR count). The maximum Gasteiger partial charge on any atom is 0.274 e. The van der Waals surface area contributed by atoms with Crippen molar-refractivity contribution in [1.82, 2.24) is 14.3 Å². The van der Waals surface area contributed by atoms with E-state index >= 15 is 0 Å². The first-order chi connectivity index (χ1) is 8.74. The largest absolute Gasteiger partial charge is 0.393 e. The molecular weight excluding hydrogens is 230 g/mol. The number of rotatable bonds is 1. The number of aromatic nitrogens is 2. The topological polar surface area (TPSA) is 57.8 Å². The summed E-state index contributed by atoms with van der Waals surface area (Å²) < 4.78 is 1.84. The van der Waals surface area contributed by atoms with Gasteiger partial charge in [-0.1, -0.05) is 6.07 Å². The molecule has 0 radical (unpaired) electrons. The summed E-state index contributed by atoms with van der Waals surface area (Å²) in [6.45, 7) is 1.21. The number of carbonyl (C=O) groups is 1. The van der Waals surface area contributed by atoms with E-state index in [0.717, 1.165) is 5.65 Å². The highest BCUT2D eigenvalue weighted by atomic mass is 16.3. The molecule has 0 bridgehead atoms. The van der Waals surface area contributed by atoms with Gasteiger partial charge < -0.3 is 14.4 Å². The Hall–Kier alpha value is -1.88. The van der Waals surface area contributed by atoms with E-state index in [9.17, 15) is 9.90 Å². The van der Waals surface area contributed by atoms with Crippen LogP contribution >= 0.6 is 0 Å². The zero-order valence-electron chi connectivity index (χ0n) is 9.99. The molecular formula is C13H15N3O2. The van der Waals surface area contributed by atoms with Crippen LogP contribution in [0.1, 0.15) is 23.3 Å². The molecule has 5 nitrogen and oxygen atoms in total. The summed E-state index contributed by atoms with van der Waals surface area (Å²) in [6.07, 6.45) is 4.66. The van der Waals surface area contributed by atoms with E-state index in [-0.39, 0.29) is 12.0 Å². The average molecular weight is 245 g/mol. The fourth-order valence-corrected chi connectivity index (χ4v) is 2.27. The molecule has 0 aromatic carbocycles. The van der Waals surface area contributed by atoms with Crippen LogP contribution in [0.25, 0.3) is 5.65 Å². The lowest BCUT2D eigenvalue weighted by atomic mass is 10.1. The highest BCUT2D eigenvalue weighted by molar-refractivity contribution is 5.93. The first kappa shape index (κ1) is 11.2. The molecule has 0 saturated carbocycles. The molecule has 0 aliphatic carbocycles. The fraction of sp³-hybridized carbons (Fsp3) is 0.385. The number of amides is 1. The highest BCUT2D eigenvalue weighted by Crippen LogP contribution is 2.14. The predicted molar refractivity (Wildman–Crippen MR) is 66.3 cm³/mol. The maximum atomic E-state index is 12.2. The summed E-state index contributed by atoms with van der Waals surface area (Å²) in [5.41, 5.74) is 1.25. The molecule has 1 saturated heterocycles. The number of piperidine rings is 1. The first-order valence-corrected chi connectivity index (χ1v) is 6.15. The van der Waals surface area contributed by atoms with Crippen LogP contribution in [0.5, 0.6) is 0 Å². The van der Waals surface area contributed by atoms with Gasteiger partial charge in [-0.15, -0.1) is 0 Å². The summed E-state index contributed by atoms with van der Waals surface area (Å²) in [7, 11) is 0. The Bertz CT molecular complexity index is 537. The van der Waals surface area contributed by atoms with E-state index in [2.05, 4.69) is 4.98 Å². The van der Waals surface area contributed by atoms with Crippen molar-refractivity contribution >= 4 is 11.6 Å². The Kier molecular flexibility index (Phi) is 2.76. The second-order valence-corrected chi connectivity index (χ2v) is 4.62. The molecule has 0 unspecified atom stereocenters. The number of fused-ring (bicyclic) bond motifs is 1. The number of carbonyl (C=O) groups excluding carboxylic acids is 1. The number of nitrogens with zero attached hydrogens (tertiary/aromatic N) is 3. The van der Waals surface area contributed by atoms with Crippen LogP contribution < -0.4 is 0 Å². The van der Waals surface area contributed by atoms with Crippen molar-refractivity contribution in [2.75, 3.05) is 13.1 Å². The number of aliphatic hydroxyl groups excluding tert-OH is 1. The number of likely N-dealkylation sites (tertiary alicyclic amines) is 1. The van der Waals surface area contributed by atoms with E-state index in [1.54, 1.807) is 11.1 Å². The van der Waals surface area contributed by atoms with Gasteiger partial charge in [-0.25, -0.2) is 4.98 Å². The summed E-state index contributed by atoms with van der Waals surface area (Å²) in [6, 6.07) is 5.67. The molecule has 3 heterocycles. The molecule has 2 aromatic rings. The first-order valence-electron chi connectivity index (χ1n) is 6.15.